The minimum Gasteiger partial charge on any atom is -0.393 e. The summed E-state index contributed by atoms with van der Waals surface area (Å²) < 4.78 is 0. The molecule has 2 rings (SSSR count). The van der Waals surface area contributed by atoms with Gasteiger partial charge in [0.15, 0.2) is 5.96 Å². The molecule has 0 aromatic heterocycles. The summed E-state index contributed by atoms with van der Waals surface area (Å²) in [5.41, 5.74) is 0. The summed E-state index contributed by atoms with van der Waals surface area (Å²) in [6.45, 7) is 9.57. The van der Waals surface area contributed by atoms with Crippen LogP contribution in [0.25, 0.3) is 0 Å². The Morgan fingerprint density at radius 3 is 2.55 bits per heavy atom. The van der Waals surface area contributed by atoms with Crippen LogP contribution in [0.4, 0.5) is 0 Å². The third-order valence-corrected chi connectivity index (χ3v) is 4.92. The van der Waals surface area contributed by atoms with E-state index in [1.54, 1.807) is 0 Å². The predicted molar refractivity (Wildman–Crippen MR) is 92.2 cm³/mol. The molecule has 0 bridgehead atoms. The van der Waals surface area contributed by atoms with E-state index in [0.29, 0.717) is 12.0 Å². The zero-order valence-electron chi connectivity index (χ0n) is 14.4. The first-order valence-corrected chi connectivity index (χ1v) is 9.18. The van der Waals surface area contributed by atoms with Crippen molar-refractivity contribution < 1.29 is 5.11 Å². The molecule has 1 saturated carbocycles. The van der Waals surface area contributed by atoms with Crippen molar-refractivity contribution in [2.45, 2.75) is 64.5 Å². The van der Waals surface area contributed by atoms with E-state index in [0.717, 1.165) is 38.3 Å². The molecule has 1 aliphatic carbocycles. The highest BCUT2D eigenvalue weighted by Crippen LogP contribution is 2.25. The van der Waals surface area contributed by atoms with Gasteiger partial charge in [-0.25, -0.2) is 0 Å². The van der Waals surface area contributed by atoms with Crippen molar-refractivity contribution in [3.8, 4) is 0 Å². The van der Waals surface area contributed by atoms with Crippen LogP contribution in [0.1, 0.15) is 52.4 Å². The molecule has 0 spiro atoms. The average molecular weight is 310 g/mol. The molecule has 0 aromatic rings. The molecule has 3 N–H and O–H groups in total. The van der Waals surface area contributed by atoms with Crippen molar-refractivity contribution in [1.82, 2.24) is 15.5 Å². The molecule has 0 radical (unpaired) electrons. The van der Waals surface area contributed by atoms with Crippen molar-refractivity contribution in [1.29, 1.82) is 0 Å². The lowest BCUT2D eigenvalue weighted by Crippen LogP contribution is -2.49. The molecule has 1 aliphatic heterocycles. The van der Waals surface area contributed by atoms with Gasteiger partial charge in [-0.15, -0.1) is 0 Å². The zero-order chi connectivity index (χ0) is 15.8. The second kappa shape index (κ2) is 9.36. The summed E-state index contributed by atoms with van der Waals surface area (Å²) in [5.74, 6) is 1.28. The molecule has 2 fully saturated rings. The predicted octanol–water partition coefficient (Wildman–Crippen LogP) is 1.58. The molecule has 128 valence electrons. The number of hydrogen-bond acceptors (Lipinski definition) is 3. The van der Waals surface area contributed by atoms with Crippen LogP contribution in [0, 0.1) is 5.92 Å². The molecule has 0 amide bonds. The summed E-state index contributed by atoms with van der Waals surface area (Å²) >= 11 is 0. The van der Waals surface area contributed by atoms with Gasteiger partial charge in [-0.05, 0) is 45.6 Å². The maximum Gasteiger partial charge on any atom is 0.191 e. The minimum atomic E-state index is -0.149. The largest absolute Gasteiger partial charge is 0.393 e. The topological polar surface area (TPSA) is 59.9 Å². The van der Waals surface area contributed by atoms with Crippen LogP contribution in [0.2, 0.25) is 0 Å². The van der Waals surface area contributed by atoms with Gasteiger partial charge in [-0.3, -0.25) is 4.99 Å². The van der Waals surface area contributed by atoms with Crippen LogP contribution in [-0.2, 0) is 0 Å². The molecule has 5 nitrogen and oxygen atoms in total. The molecular weight excluding hydrogens is 276 g/mol. The Balaban J connectivity index is 1.78. The Hall–Kier alpha value is -0.810. The van der Waals surface area contributed by atoms with Crippen LogP contribution in [0.5, 0.6) is 0 Å². The fourth-order valence-electron chi connectivity index (χ4n) is 3.57. The van der Waals surface area contributed by atoms with Gasteiger partial charge in [0.25, 0.3) is 0 Å². The standard InChI is InChI=1S/C17H34N4O/c1-3-10-21-11-8-15(9-12-21)20-17(18-4-2)19-13-14-6-5-7-16(14)22/h14-16,22H,3-13H2,1-2H3,(H2,18,19,20). The van der Waals surface area contributed by atoms with Gasteiger partial charge in [0.05, 0.1) is 6.10 Å². The van der Waals surface area contributed by atoms with Crippen LogP contribution < -0.4 is 10.6 Å². The normalized spacial score (nSPS) is 28.0. The Kier molecular flexibility index (Phi) is 7.46. The van der Waals surface area contributed by atoms with Gasteiger partial charge in [0.2, 0.25) is 0 Å². The average Bonchev–Trinajstić information content (AvgIpc) is 2.92. The Morgan fingerprint density at radius 2 is 1.95 bits per heavy atom. The number of guanidine groups is 1. The number of hydrogen-bond donors (Lipinski definition) is 3. The highest BCUT2D eigenvalue weighted by Gasteiger charge is 2.25. The smallest absolute Gasteiger partial charge is 0.191 e. The van der Waals surface area contributed by atoms with Crippen LogP contribution in [-0.4, -0.2) is 60.8 Å². The Morgan fingerprint density at radius 1 is 1.18 bits per heavy atom. The van der Waals surface area contributed by atoms with E-state index in [1.165, 1.54) is 38.9 Å². The lowest BCUT2D eigenvalue weighted by Gasteiger charge is -2.32. The van der Waals surface area contributed by atoms with E-state index in [2.05, 4.69) is 29.4 Å². The fraction of sp³-hybridized carbons (Fsp3) is 0.941. The van der Waals surface area contributed by atoms with Crippen molar-refractivity contribution in [3.05, 3.63) is 0 Å². The summed E-state index contributed by atoms with van der Waals surface area (Å²) in [4.78, 5) is 7.27. The van der Waals surface area contributed by atoms with Gasteiger partial charge in [-0.1, -0.05) is 13.3 Å². The van der Waals surface area contributed by atoms with E-state index in [9.17, 15) is 5.11 Å². The number of nitrogens with zero attached hydrogens (tertiary/aromatic N) is 2. The summed E-state index contributed by atoms with van der Waals surface area (Å²) in [7, 11) is 0. The third kappa shape index (κ3) is 5.43. The highest BCUT2D eigenvalue weighted by molar-refractivity contribution is 5.80. The minimum absolute atomic E-state index is 0.149. The van der Waals surface area contributed by atoms with Gasteiger partial charge in [0, 0.05) is 38.1 Å². The van der Waals surface area contributed by atoms with Crippen molar-refractivity contribution >= 4 is 5.96 Å². The fourth-order valence-corrected chi connectivity index (χ4v) is 3.57. The number of nitrogens with one attached hydrogen (secondary N) is 2. The van der Waals surface area contributed by atoms with E-state index in [-0.39, 0.29) is 6.10 Å². The van der Waals surface area contributed by atoms with E-state index in [1.807, 2.05) is 0 Å². The number of aliphatic hydroxyl groups excluding tert-OH is 1. The van der Waals surface area contributed by atoms with Gasteiger partial charge >= 0.3 is 0 Å². The highest BCUT2D eigenvalue weighted by atomic mass is 16.3. The second-order valence-electron chi connectivity index (χ2n) is 6.74. The molecule has 2 atom stereocenters. The third-order valence-electron chi connectivity index (χ3n) is 4.92. The van der Waals surface area contributed by atoms with E-state index < -0.39 is 0 Å². The Labute approximate surface area is 135 Å². The first kappa shape index (κ1) is 17.5. The first-order valence-electron chi connectivity index (χ1n) is 9.18. The molecular formula is C17H34N4O. The summed E-state index contributed by atoms with van der Waals surface area (Å²) in [5, 5.41) is 16.9. The van der Waals surface area contributed by atoms with E-state index in [4.69, 9.17) is 4.99 Å². The number of rotatable bonds is 6. The van der Waals surface area contributed by atoms with Crippen molar-refractivity contribution in [2.75, 3.05) is 32.7 Å². The Bertz CT molecular complexity index is 340. The summed E-state index contributed by atoms with van der Waals surface area (Å²) in [6.07, 6.45) is 6.67. The van der Waals surface area contributed by atoms with Gasteiger partial charge in [0.1, 0.15) is 0 Å². The molecule has 2 unspecified atom stereocenters. The second-order valence-corrected chi connectivity index (χ2v) is 6.74. The zero-order valence-corrected chi connectivity index (χ0v) is 14.4. The van der Waals surface area contributed by atoms with Crippen LogP contribution >= 0.6 is 0 Å². The molecule has 2 aliphatic rings. The molecule has 5 heteroatoms. The van der Waals surface area contributed by atoms with Gasteiger partial charge < -0.3 is 20.6 Å². The molecule has 22 heavy (non-hydrogen) atoms. The maximum atomic E-state index is 9.92. The van der Waals surface area contributed by atoms with Crippen LogP contribution in [0.3, 0.4) is 0 Å². The van der Waals surface area contributed by atoms with Crippen LogP contribution in [0.15, 0.2) is 4.99 Å². The lowest BCUT2D eigenvalue weighted by atomic mass is 10.1. The number of piperidine rings is 1. The molecule has 0 aromatic carbocycles. The van der Waals surface area contributed by atoms with Crippen molar-refractivity contribution in [3.63, 3.8) is 0 Å². The van der Waals surface area contributed by atoms with Gasteiger partial charge in [-0.2, -0.15) is 0 Å². The quantitative estimate of drug-likeness (QED) is 0.515. The number of aliphatic hydroxyl groups is 1. The monoisotopic (exact) mass is 310 g/mol. The molecule has 1 saturated heterocycles. The number of likely N-dealkylation sites (tertiary alicyclic amines) is 1. The SMILES string of the molecule is CCCN1CCC(NC(=NCC2CCCC2O)NCC)CC1. The first-order chi connectivity index (χ1) is 10.7. The van der Waals surface area contributed by atoms with E-state index >= 15 is 0 Å². The lowest BCUT2D eigenvalue weighted by molar-refractivity contribution is 0.136. The number of aliphatic imine (C=N–C) groups is 1. The molecule has 1 heterocycles. The maximum absolute atomic E-state index is 9.92. The summed E-state index contributed by atoms with van der Waals surface area (Å²) in [6, 6.07) is 0.527. The van der Waals surface area contributed by atoms with Crippen molar-refractivity contribution in [2.24, 2.45) is 10.9 Å².